The lowest BCUT2D eigenvalue weighted by Crippen LogP contribution is -2.35. The highest BCUT2D eigenvalue weighted by atomic mass is 16.7. The van der Waals surface area contributed by atoms with Gasteiger partial charge in [0, 0.05) is 20.8 Å². The molecule has 0 spiro atoms. The van der Waals surface area contributed by atoms with Crippen molar-refractivity contribution in [2.75, 3.05) is 38.8 Å². The summed E-state index contributed by atoms with van der Waals surface area (Å²) < 4.78 is 16.2. The SMILES string of the molecule is COC(CN1CCCOc2ccccc21)OC. The van der Waals surface area contributed by atoms with Crippen LogP contribution < -0.4 is 9.64 Å². The van der Waals surface area contributed by atoms with E-state index in [0.29, 0.717) is 6.54 Å². The first-order chi connectivity index (χ1) is 8.35. The minimum atomic E-state index is -0.207. The minimum absolute atomic E-state index is 0.207. The van der Waals surface area contributed by atoms with Gasteiger partial charge in [0.25, 0.3) is 0 Å². The molecule has 4 nitrogen and oxygen atoms in total. The van der Waals surface area contributed by atoms with E-state index < -0.39 is 0 Å². The van der Waals surface area contributed by atoms with E-state index in [1.807, 2.05) is 18.2 Å². The van der Waals surface area contributed by atoms with Crippen LogP contribution >= 0.6 is 0 Å². The van der Waals surface area contributed by atoms with E-state index >= 15 is 0 Å². The number of hydrogen-bond donors (Lipinski definition) is 0. The van der Waals surface area contributed by atoms with Crippen LogP contribution in [0.2, 0.25) is 0 Å². The molecule has 4 heteroatoms. The fraction of sp³-hybridized carbons (Fsp3) is 0.538. The molecule has 1 aliphatic heterocycles. The lowest BCUT2D eigenvalue weighted by molar-refractivity contribution is -0.0949. The molecule has 0 aliphatic carbocycles. The van der Waals surface area contributed by atoms with E-state index in [4.69, 9.17) is 14.2 Å². The monoisotopic (exact) mass is 237 g/mol. The van der Waals surface area contributed by atoms with Gasteiger partial charge in [-0.1, -0.05) is 12.1 Å². The van der Waals surface area contributed by atoms with E-state index in [1.54, 1.807) is 14.2 Å². The molecule has 0 radical (unpaired) electrons. The summed E-state index contributed by atoms with van der Waals surface area (Å²) in [4.78, 5) is 2.25. The van der Waals surface area contributed by atoms with Crippen LogP contribution in [0.5, 0.6) is 5.75 Å². The number of anilines is 1. The van der Waals surface area contributed by atoms with E-state index in [2.05, 4.69) is 11.0 Å². The number of para-hydroxylation sites is 2. The van der Waals surface area contributed by atoms with Gasteiger partial charge in [-0.3, -0.25) is 0 Å². The molecule has 0 bridgehead atoms. The standard InChI is InChI=1S/C13H19NO3/c1-15-13(16-2)10-14-8-5-9-17-12-7-4-3-6-11(12)14/h3-4,6-7,13H,5,8-10H2,1-2H3. The molecule has 0 amide bonds. The van der Waals surface area contributed by atoms with Crippen LogP contribution in [0.4, 0.5) is 5.69 Å². The molecular weight excluding hydrogens is 218 g/mol. The Morgan fingerprint density at radius 2 is 2.06 bits per heavy atom. The normalized spacial score (nSPS) is 15.4. The van der Waals surface area contributed by atoms with Gasteiger partial charge in [-0.05, 0) is 18.6 Å². The number of benzene rings is 1. The second kappa shape index (κ2) is 5.89. The van der Waals surface area contributed by atoms with Gasteiger partial charge < -0.3 is 19.1 Å². The Labute approximate surface area is 102 Å². The first-order valence-electron chi connectivity index (χ1n) is 5.87. The number of hydrogen-bond acceptors (Lipinski definition) is 4. The van der Waals surface area contributed by atoms with Crippen molar-refractivity contribution in [3.63, 3.8) is 0 Å². The first kappa shape index (κ1) is 12.2. The van der Waals surface area contributed by atoms with Crippen molar-refractivity contribution in [3.05, 3.63) is 24.3 Å². The quantitative estimate of drug-likeness (QED) is 0.748. The van der Waals surface area contributed by atoms with Crippen LogP contribution in [0.1, 0.15) is 6.42 Å². The van der Waals surface area contributed by atoms with Crippen molar-refractivity contribution in [2.45, 2.75) is 12.7 Å². The van der Waals surface area contributed by atoms with Gasteiger partial charge in [0.1, 0.15) is 5.75 Å². The molecule has 94 valence electrons. The Morgan fingerprint density at radius 1 is 1.29 bits per heavy atom. The second-order valence-corrected chi connectivity index (χ2v) is 4.02. The molecule has 17 heavy (non-hydrogen) atoms. The minimum Gasteiger partial charge on any atom is -0.491 e. The third-order valence-corrected chi connectivity index (χ3v) is 2.93. The van der Waals surface area contributed by atoms with Crippen molar-refractivity contribution < 1.29 is 14.2 Å². The van der Waals surface area contributed by atoms with Gasteiger partial charge in [-0.15, -0.1) is 0 Å². The average Bonchev–Trinajstić information content (AvgIpc) is 2.58. The van der Waals surface area contributed by atoms with Gasteiger partial charge in [-0.2, -0.15) is 0 Å². The summed E-state index contributed by atoms with van der Waals surface area (Å²) in [5, 5.41) is 0. The largest absolute Gasteiger partial charge is 0.491 e. The molecule has 0 atom stereocenters. The van der Waals surface area contributed by atoms with Crippen molar-refractivity contribution in [1.29, 1.82) is 0 Å². The predicted octanol–water partition coefficient (Wildman–Crippen LogP) is 1.89. The van der Waals surface area contributed by atoms with Crippen LogP contribution in [-0.2, 0) is 9.47 Å². The van der Waals surface area contributed by atoms with Gasteiger partial charge >= 0.3 is 0 Å². The van der Waals surface area contributed by atoms with Crippen LogP contribution in [-0.4, -0.2) is 40.2 Å². The fourth-order valence-corrected chi connectivity index (χ4v) is 2.01. The zero-order valence-electron chi connectivity index (χ0n) is 10.4. The number of ether oxygens (including phenoxy) is 3. The highest BCUT2D eigenvalue weighted by molar-refractivity contribution is 5.58. The molecule has 0 fully saturated rings. The van der Waals surface area contributed by atoms with E-state index in [9.17, 15) is 0 Å². The Morgan fingerprint density at radius 3 is 2.82 bits per heavy atom. The summed E-state index contributed by atoms with van der Waals surface area (Å²) in [6, 6.07) is 8.09. The molecule has 0 saturated carbocycles. The Hall–Kier alpha value is -1.26. The van der Waals surface area contributed by atoms with Crippen LogP contribution in [0.25, 0.3) is 0 Å². The second-order valence-electron chi connectivity index (χ2n) is 4.02. The molecule has 0 unspecified atom stereocenters. The van der Waals surface area contributed by atoms with Crippen LogP contribution in [0.15, 0.2) is 24.3 Å². The lowest BCUT2D eigenvalue weighted by atomic mass is 10.2. The topological polar surface area (TPSA) is 30.9 Å². The smallest absolute Gasteiger partial charge is 0.174 e. The average molecular weight is 237 g/mol. The maximum atomic E-state index is 5.70. The van der Waals surface area contributed by atoms with Gasteiger partial charge in [0.2, 0.25) is 0 Å². The number of nitrogens with zero attached hydrogens (tertiary/aromatic N) is 1. The number of fused-ring (bicyclic) bond motifs is 1. The van der Waals surface area contributed by atoms with E-state index in [0.717, 1.165) is 31.0 Å². The number of rotatable bonds is 4. The van der Waals surface area contributed by atoms with Crippen molar-refractivity contribution in [2.24, 2.45) is 0 Å². The maximum absolute atomic E-state index is 5.70. The molecule has 0 saturated heterocycles. The van der Waals surface area contributed by atoms with Crippen LogP contribution in [0.3, 0.4) is 0 Å². The molecular formula is C13H19NO3. The summed E-state index contributed by atoms with van der Waals surface area (Å²) in [5.74, 6) is 0.941. The summed E-state index contributed by atoms with van der Waals surface area (Å²) in [6.07, 6.45) is 0.801. The molecule has 0 N–H and O–H groups in total. The van der Waals surface area contributed by atoms with Crippen LogP contribution in [0, 0.1) is 0 Å². The zero-order chi connectivity index (χ0) is 12.1. The summed E-state index contributed by atoms with van der Waals surface area (Å²) in [6.45, 7) is 2.44. The Balaban J connectivity index is 2.16. The Bertz CT molecular complexity index is 352. The van der Waals surface area contributed by atoms with Gasteiger partial charge in [0.05, 0.1) is 18.8 Å². The molecule has 1 heterocycles. The van der Waals surface area contributed by atoms with Crippen molar-refractivity contribution >= 4 is 5.69 Å². The Kier molecular flexibility index (Phi) is 4.23. The zero-order valence-corrected chi connectivity index (χ0v) is 10.4. The molecule has 1 aliphatic rings. The van der Waals surface area contributed by atoms with Crippen molar-refractivity contribution in [1.82, 2.24) is 0 Å². The molecule has 1 aromatic rings. The van der Waals surface area contributed by atoms with Gasteiger partial charge in [-0.25, -0.2) is 0 Å². The molecule has 0 aromatic heterocycles. The van der Waals surface area contributed by atoms with E-state index in [-0.39, 0.29) is 6.29 Å². The summed E-state index contributed by atoms with van der Waals surface area (Å²) >= 11 is 0. The van der Waals surface area contributed by atoms with E-state index in [1.165, 1.54) is 0 Å². The fourth-order valence-electron chi connectivity index (χ4n) is 2.01. The third-order valence-electron chi connectivity index (χ3n) is 2.93. The summed E-state index contributed by atoms with van der Waals surface area (Å²) in [5.41, 5.74) is 1.11. The predicted molar refractivity (Wildman–Crippen MR) is 66.6 cm³/mol. The first-order valence-corrected chi connectivity index (χ1v) is 5.87. The lowest BCUT2D eigenvalue weighted by Gasteiger charge is -2.27. The summed E-state index contributed by atoms with van der Waals surface area (Å²) in [7, 11) is 3.32. The maximum Gasteiger partial charge on any atom is 0.174 e. The molecule has 2 rings (SSSR count). The molecule has 1 aromatic carbocycles. The highest BCUT2D eigenvalue weighted by Crippen LogP contribution is 2.30. The number of methoxy groups -OCH3 is 2. The highest BCUT2D eigenvalue weighted by Gasteiger charge is 2.19. The third kappa shape index (κ3) is 2.90. The van der Waals surface area contributed by atoms with Gasteiger partial charge in [0.15, 0.2) is 6.29 Å². The van der Waals surface area contributed by atoms with Crippen molar-refractivity contribution in [3.8, 4) is 5.75 Å².